The van der Waals surface area contributed by atoms with Crippen LogP contribution >= 0.6 is 0 Å². The van der Waals surface area contributed by atoms with Crippen molar-refractivity contribution in [3.8, 4) is 0 Å². The summed E-state index contributed by atoms with van der Waals surface area (Å²) in [5.41, 5.74) is 0. The minimum absolute atomic E-state index is 0.660. The van der Waals surface area contributed by atoms with Gasteiger partial charge in [0.1, 0.15) is 0 Å². The van der Waals surface area contributed by atoms with Crippen molar-refractivity contribution in [3.63, 3.8) is 0 Å². The number of ether oxygens (including phenoxy) is 2. The van der Waals surface area contributed by atoms with E-state index in [9.17, 15) is 0 Å². The molecule has 0 aromatic rings. The zero-order valence-corrected chi connectivity index (χ0v) is 19.1. The number of rotatable bonds is 13. The molecule has 4 nitrogen and oxygen atoms in total. The summed E-state index contributed by atoms with van der Waals surface area (Å²) in [5.74, 6) is 0. The molecule has 0 rings (SSSR count). The van der Waals surface area contributed by atoms with Gasteiger partial charge in [-0.1, -0.05) is 13.8 Å². The van der Waals surface area contributed by atoms with Crippen LogP contribution in [0.25, 0.3) is 0 Å². The lowest BCUT2D eigenvalue weighted by atomic mass is 10.5. The highest BCUT2D eigenvalue weighted by atomic mass is 28.5. The fraction of sp³-hybridized carbons (Fsp3) is 1.00. The molecule has 0 saturated carbocycles. The molecular formula is C15H38O4Si3. The molecule has 0 spiro atoms. The average Bonchev–Trinajstić information content (AvgIpc) is 2.41. The first-order chi connectivity index (χ1) is 10.1. The Morgan fingerprint density at radius 1 is 0.727 bits per heavy atom. The highest BCUT2D eigenvalue weighted by Crippen LogP contribution is 2.28. The molecule has 22 heavy (non-hydrogen) atoms. The lowest BCUT2D eigenvalue weighted by molar-refractivity contribution is 0.0703. The first-order valence-corrected chi connectivity index (χ1v) is 17.3. The summed E-state index contributed by atoms with van der Waals surface area (Å²) < 4.78 is 23.9. The molecule has 0 N–H and O–H groups in total. The summed E-state index contributed by atoms with van der Waals surface area (Å²) in [6, 6.07) is 3.29. The zero-order valence-electron chi connectivity index (χ0n) is 16.1. The average molecular weight is 367 g/mol. The maximum Gasteiger partial charge on any atom is 0.314 e. The minimum atomic E-state index is -2.12. The van der Waals surface area contributed by atoms with E-state index >= 15 is 0 Å². The van der Waals surface area contributed by atoms with Crippen molar-refractivity contribution < 1.29 is 17.7 Å². The molecule has 0 aromatic carbocycles. The SMILES string of the molecule is CC[Si](C)(C)O[Si](C)(CCCOCCOC)O[Si](C)(C)CC. The summed E-state index contributed by atoms with van der Waals surface area (Å²) in [7, 11) is -3.64. The largest absolute Gasteiger partial charge is 0.436 e. The molecule has 0 saturated heterocycles. The van der Waals surface area contributed by atoms with Gasteiger partial charge in [-0.05, 0) is 57.3 Å². The Labute approximate surface area is 141 Å². The van der Waals surface area contributed by atoms with Crippen LogP contribution in [0.2, 0.25) is 50.9 Å². The molecule has 0 radical (unpaired) electrons. The van der Waals surface area contributed by atoms with Crippen LogP contribution in [0, 0.1) is 0 Å². The van der Waals surface area contributed by atoms with Crippen molar-refractivity contribution in [1.82, 2.24) is 0 Å². The van der Waals surface area contributed by atoms with Gasteiger partial charge in [-0.3, -0.25) is 0 Å². The van der Waals surface area contributed by atoms with Crippen molar-refractivity contribution in [2.75, 3.05) is 26.9 Å². The van der Waals surface area contributed by atoms with Crippen LogP contribution in [-0.4, -0.2) is 52.1 Å². The second kappa shape index (κ2) is 10.4. The number of hydrogen-bond donors (Lipinski definition) is 0. The third kappa shape index (κ3) is 10.3. The summed E-state index contributed by atoms with van der Waals surface area (Å²) >= 11 is 0. The van der Waals surface area contributed by atoms with E-state index in [-0.39, 0.29) is 0 Å². The first kappa shape index (κ1) is 22.5. The second-order valence-electron chi connectivity index (χ2n) is 7.27. The van der Waals surface area contributed by atoms with E-state index in [1.165, 1.54) is 0 Å². The molecule has 0 aromatic heterocycles. The predicted molar refractivity (Wildman–Crippen MR) is 102 cm³/mol. The van der Waals surface area contributed by atoms with Gasteiger partial charge < -0.3 is 17.7 Å². The Hall–Kier alpha value is 0.491. The van der Waals surface area contributed by atoms with Gasteiger partial charge in [0.25, 0.3) is 0 Å². The van der Waals surface area contributed by atoms with E-state index in [0.29, 0.717) is 13.2 Å². The maximum atomic E-state index is 6.65. The van der Waals surface area contributed by atoms with Crippen LogP contribution in [0.1, 0.15) is 20.3 Å². The molecule has 7 heteroatoms. The van der Waals surface area contributed by atoms with Gasteiger partial charge in [-0.2, -0.15) is 0 Å². The van der Waals surface area contributed by atoms with Crippen molar-refractivity contribution >= 4 is 25.2 Å². The normalized spacial score (nSPS) is 13.6. The second-order valence-corrected chi connectivity index (χ2v) is 20.1. The zero-order chi connectivity index (χ0) is 17.3. The molecule has 134 valence electrons. The highest BCUT2D eigenvalue weighted by Gasteiger charge is 2.41. The van der Waals surface area contributed by atoms with Gasteiger partial charge in [-0.15, -0.1) is 0 Å². The third-order valence-electron chi connectivity index (χ3n) is 4.04. The lowest BCUT2D eigenvalue weighted by Gasteiger charge is -2.40. The van der Waals surface area contributed by atoms with Crippen LogP contribution in [0.5, 0.6) is 0 Å². The molecule has 0 aliphatic heterocycles. The third-order valence-corrected chi connectivity index (χ3v) is 16.6. The summed E-state index contributed by atoms with van der Waals surface area (Å²) in [6.07, 6.45) is 1.01. The van der Waals surface area contributed by atoms with Gasteiger partial charge >= 0.3 is 8.56 Å². The summed E-state index contributed by atoms with van der Waals surface area (Å²) in [5, 5.41) is 0. The minimum Gasteiger partial charge on any atom is -0.436 e. The van der Waals surface area contributed by atoms with E-state index in [4.69, 9.17) is 17.7 Å². The van der Waals surface area contributed by atoms with Crippen LogP contribution in [0.3, 0.4) is 0 Å². The molecule has 0 aliphatic carbocycles. The van der Waals surface area contributed by atoms with Gasteiger partial charge in [0.2, 0.25) is 0 Å². The highest BCUT2D eigenvalue weighted by molar-refractivity contribution is 6.88. The number of methoxy groups -OCH3 is 1. The van der Waals surface area contributed by atoms with E-state index in [0.717, 1.165) is 31.2 Å². The van der Waals surface area contributed by atoms with Crippen LogP contribution < -0.4 is 0 Å². The molecular weight excluding hydrogens is 328 g/mol. The number of hydrogen-bond acceptors (Lipinski definition) is 4. The molecule has 0 atom stereocenters. The molecule has 0 amide bonds. The van der Waals surface area contributed by atoms with Gasteiger partial charge in [0, 0.05) is 13.7 Å². The van der Waals surface area contributed by atoms with Gasteiger partial charge in [0.05, 0.1) is 13.2 Å². The molecule has 0 fully saturated rings. The van der Waals surface area contributed by atoms with Crippen LogP contribution in [-0.2, 0) is 17.7 Å². The van der Waals surface area contributed by atoms with Crippen molar-refractivity contribution in [2.24, 2.45) is 0 Å². The Morgan fingerprint density at radius 2 is 1.23 bits per heavy atom. The van der Waals surface area contributed by atoms with Crippen LogP contribution in [0.4, 0.5) is 0 Å². The maximum absolute atomic E-state index is 6.65. The predicted octanol–water partition coefficient (Wildman–Crippen LogP) is 4.59. The van der Waals surface area contributed by atoms with Crippen LogP contribution in [0.15, 0.2) is 0 Å². The first-order valence-electron chi connectivity index (χ1n) is 8.57. The fourth-order valence-electron chi connectivity index (χ4n) is 2.18. The Morgan fingerprint density at radius 3 is 1.64 bits per heavy atom. The molecule has 0 heterocycles. The lowest BCUT2D eigenvalue weighted by Crippen LogP contribution is -2.54. The Balaban J connectivity index is 4.58. The smallest absolute Gasteiger partial charge is 0.314 e. The van der Waals surface area contributed by atoms with E-state index in [2.05, 4.69) is 46.6 Å². The standard InChI is InChI=1S/C15H38O4Si3/c1-9-20(4,5)18-22(8,19-21(6,7)10-2)15-11-12-17-14-13-16-3/h9-15H2,1-8H3. The quantitative estimate of drug-likeness (QED) is 0.353. The van der Waals surface area contributed by atoms with E-state index < -0.39 is 25.2 Å². The Kier molecular flexibility index (Phi) is 10.6. The topological polar surface area (TPSA) is 36.9 Å². The van der Waals surface area contributed by atoms with Gasteiger partial charge in [-0.25, -0.2) is 0 Å². The monoisotopic (exact) mass is 366 g/mol. The summed E-state index contributed by atoms with van der Waals surface area (Å²) in [6.45, 7) is 18.0. The van der Waals surface area contributed by atoms with Crippen molar-refractivity contribution in [3.05, 3.63) is 0 Å². The summed E-state index contributed by atoms with van der Waals surface area (Å²) in [4.78, 5) is 0. The van der Waals surface area contributed by atoms with E-state index in [1.807, 2.05) is 0 Å². The fourth-order valence-corrected chi connectivity index (χ4v) is 14.8. The van der Waals surface area contributed by atoms with Crippen molar-refractivity contribution in [2.45, 2.75) is 71.1 Å². The van der Waals surface area contributed by atoms with Crippen molar-refractivity contribution in [1.29, 1.82) is 0 Å². The Bertz CT molecular complexity index is 281. The molecule has 0 unspecified atom stereocenters. The van der Waals surface area contributed by atoms with Gasteiger partial charge in [0.15, 0.2) is 16.6 Å². The molecule has 0 aliphatic rings. The van der Waals surface area contributed by atoms with E-state index in [1.54, 1.807) is 7.11 Å². The molecule has 0 bridgehead atoms.